The van der Waals surface area contributed by atoms with Crippen LogP contribution < -0.4 is 16.8 Å². The summed E-state index contributed by atoms with van der Waals surface area (Å²) in [4.78, 5) is 20.1. The van der Waals surface area contributed by atoms with Crippen molar-refractivity contribution < 1.29 is 4.79 Å². The lowest BCUT2D eigenvalue weighted by atomic mass is 10.0. The maximum atomic E-state index is 11.0. The van der Waals surface area contributed by atoms with Gasteiger partial charge in [-0.25, -0.2) is 4.98 Å². The molecule has 0 aliphatic carbocycles. The molecule has 5 N–H and O–H groups in total. The minimum Gasteiger partial charge on any atom is -0.381 e. The highest BCUT2D eigenvalue weighted by atomic mass is 32.1. The van der Waals surface area contributed by atoms with Crippen LogP contribution in [0.2, 0.25) is 0 Å². The van der Waals surface area contributed by atoms with Gasteiger partial charge in [0.2, 0.25) is 0 Å². The summed E-state index contributed by atoms with van der Waals surface area (Å²) in [5.41, 5.74) is 17.3. The highest BCUT2D eigenvalue weighted by Crippen LogP contribution is 2.31. The first kappa shape index (κ1) is 27.1. The molecule has 0 fully saturated rings. The Bertz CT molecular complexity index is 1660. The van der Waals surface area contributed by atoms with Crippen LogP contribution in [0.5, 0.6) is 0 Å². The van der Waals surface area contributed by atoms with Crippen molar-refractivity contribution in [2.24, 2.45) is 12.8 Å². The average molecular weight is 536 g/mol. The number of thiophene rings is 1. The van der Waals surface area contributed by atoms with Crippen molar-refractivity contribution in [1.29, 1.82) is 0 Å². The Kier molecular flexibility index (Phi) is 8.71. The summed E-state index contributed by atoms with van der Waals surface area (Å²) in [7, 11) is 1.67. The van der Waals surface area contributed by atoms with Crippen molar-refractivity contribution in [2.45, 2.75) is 13.3 Å². The average Bonchev–Trinajstić information content (AvgIpc) is 3.49. The molecule has 39 heavy (non-hydrogen) atoms. The molecule has 0 spiro atoms. The number of primary amides is 1. The van der Waals surface area contributed by atoms with Crippen LogP contribution in [0, 0.1) is 11.8 Å². The number of aryl methyl sites for hydroxylation is 2. The first-order chi connectivity index (χ1) is 18.9. The largest absolute Gasteiger partial charge is 0.381 e. The first-order valence-corrected chi connectivity index (χ1v) is 13.2. The van der Waals surface area contributed by atoms with E-state index >= 15 is 0 Å². The van der Waals surface area contributed by atoms with Gasteiger partial charge in [0.05, 0.1) is 21.5 Å². The van der Waals surface area contributed by atoms with Crippen molar-refractivity contribution in [2.75, 3.05) is 17.6 Å². The summed E-state index contributed by atoms with van der Waals surface area (Å²) in [6.45, 7) is 6.23. The molecule has 1 aromatic carbocycles. The Labute approximate surface area is 231 Å². The van der Waals surface area contributed by atoms with E-state index in [9.17, 15) is 4.79 Å². The normalized spacial score (nSPS) is 10.2. The van der Waals surface area contributed by atoms with Crippen molar-refractivity contribution in [3.05, 3.63) is 101 Å². The fraction of sp³-hybridized carbons (Fsp3) is 0.133. The number of nitrogens with two attached hydrogens (primary N) is 2. The predicted octanol–water partition coefficient (Wildman–Crippen LogP) is 5.02. The summed E-state index contributed by atoms with van der Waals surface area (Å²) in [6, 6.07) is 16.5. The van der Waals surface area contributed by atoms with Gasteiger partial charge in [-0.15, -0.1) is 17.9 Å². The highest BCUT2D eigenvalue weighted by Gasteiger charge is 2.18. The molecule has 9 heteroatoms. The lowest BCUT2D eigenvalue weighted by Gasteiger charge is -2.07. The number of fused-ring (bicyclic) bond motifs is 1. The molecule has 0 saturated heterocycles. The number of carbonyl (C=O) groups is 1. The number of anilines is 2. The van der Waals surface area contributed by atoms with Gasteiger partial charge in [0.15, 0.2) is 5.82 Å². The maximum absolute atomic E-state index is 11.0. The second-order valence-electron chi connectivity index (χ2n) is 8.46. The van der Waals surface area contributed by atoms with E-state index in [2.05, 4.69) is 76.5 Å². The van der Waals surface area contributed by atoms with Crippen molar-refractivity contribution in [3.63, 3.8) is 0 Å². The summed E-state index contributed by atoms with van der Waals surface area (Å²) in [5, 5.41) is 8.91. The molecule has 0 aliphatic heterocycles. The number of pyridine rings is 2. The second-order valence-corrected chi connectivity index (χ2v) is 9.38. The topological polar surface area (TPSA) is 125 Å². The molecule has 0 bridgehead atoms. The van der Waals surface area contributed by atoms with Gasteiger partial charge in [0.25, 0.3) is 5.91 Å². The van der Waals surface area contributed by atoms with E-state index in [1.54, 1.807) is 36.9 Å². The minimum absolute atomic E-state index is 0.131. The van der Waals surface area contributed by atoms with Gasteiger partial charge < -0.3 is 16.8 Å². The maximum Gasteiger partial charge on any atom is 0.256 e. The van der Waals surface area contributed by atoms with Crippen LogP contribution in [0.3, 0.4) is 0 Å². The molecule has 196 valence electrons. The zero-order chi connectivity index (χ0) is 27.8. The van der Waals surface area contributed by atoms with Crippen molar-refractivity contribution in [3.8, 4) is 23.1 Å². The Morgan fingerprint density at radius 2 is 1.92 bits per heavy atom. The standard InChI is InChI=1S/C22H16N2S.C8H13N5O/c1-2-17-14-20-22(24-21(17)18-6-4-3-5-7-18)19(15-25-20)9-8-16-10-12-23-13-11-16;1-3-4-11-8-5(7(10)14)6(9)12-13(8)2/h3-7,10-15H,2H2,1H3;3,11H,1,4H2,2H3,(H2,9,12)(H2,10,14). The fourth-order valence-corrected chi connectivity index (χ4v) is 4.83. The molecule has 1 amide bonds. The highest BCUT2D eigenvalue weighted by molar-refractivity contribution is 7.17. The Balaban J connectivity index is 0.000000215. The number of nitrogens with zero attached hydrogens (tertiary/aromatic N) is 4. The third-order valence-electron chi connectivity index (χ3n) is 5.81. The molecule has 4 aromatic heterocycles. The lowest BCUT2D eigenvalue weighted by molar-refractivity contribution is 0.100. The molecule has 0 unspecified atom stereocenters. The first-order valence-electron chi connectivity index (χ1n) is 12.3. The summed E-state index contributed by atoms with van der Waals surface area (Å²) in [6.07, 6.45) is 6.14. The number of nitrogens with one attached hydrogen (secondary N) is 1. The van der Waals surface area contributed by atoms with Crippen molar-refractivity contribution in [1.82, 2.24) is 19.7 Å². The van der Waals surface area contributed by atoms with E-state index in [0.29, 0.717) is 12.4 Å². The molecule has 5 rings (SSSR count). The molecule has 0 aliphatic rings. The number of rotatable bonds is 6. The third-order valence-corrected chi connectivity index (χ3v) is 6.73. The van der Waals surface area contributed by atoms with E-state index in [1.807, 2.05) is 18.2 Å². The van der Waals surface area contributed by atoms with Gasteiger partial charge in [-0.1, -0.05) is 55.2 Å². The summed E-state index contributed by atoms with van der Waals surface area (Å²) < 4.78 is 2.66. The smallest absolute Gasteiger partial charge is 0.256 e. The van der Waals surface area contributed by atoms with Crippen LogP contribution in [-0.2, 0) is 13.5 Å². The minimum atomic E-state index is -0.595. The Morgan fingerprint density at radius 1 is 1.18 bits per heavy atom. The zero-order valence-corrected chi connectivity index (χ0v) is 22.6. The molecule has 0 atom stereocenters. The summed E-state index contributed by atoms with van der Waals surface area (Å²) >= 11 is 1.71. The van der Waals surface area contributed by atoms with Gasteiger partial charge in [-0.3, -0.25) is 14.5 Å². The van der Waals surface area contributed by atoms with Gasteiger partial charge in [0.1, 0.15) is 11.4 Å². The van der Waals surface area contributed by atoms with Crippen LogP contribution in [0.4, 0.5) is 11.6 Å². The number of aromatic nitrogens is 4. The number of hydrogen-bond donors (Lipinski definition) is 3. The third kappa shape index (κ3) is 6.32. The lowest BCUT2D eigenvalue weighted by Crippen LogP contribution is -2.15. The fourth-order valence-electron chi connectivity index (χ4n) is 3.93. The predicted molar refractivity (Wildman–Crippen MR) is 159 cm³/mol. The van der Waals surface area contributed by atoms with Gasteiger partial charge in [-0.05, 0) is 30.2 Å². The van der Waals surface area contributed by atoms with E-state index in [0.717, 1.165) is 34.3 Å². The second kappa shape index (κ2) is 12.5. The van der Waals surface area contributed by atoms with Crippen LogP contribution in [0.15, 0.2) is 79.0 Å². The number of nitrogen functional groups attached to an aromatic ring is 1. The molecule has 0 saturated carbocycles. The number of hydrogen-bond acceptors (Lipinski definition) is 7. The van der Waals surface area contributed by atoms with E-state index < -0.39 is 5.91 Å². The van der Waals surface area contributed by atoms with Crippen LogP contribution in [0.1, 0.15) is 34.0 Å². The molecule has 0 radical (unpaired) electrons. The monoisotopic (exact) mass is 535 g/mol. The zero-order valence-electron chi connectivity index (χ0n) is 21.8. The number of amides is 1. The molecule has 4 heterocycles. The van der Waals surface area contributed by atoms with Gasteiger partial charge in [0, 0.05) is 42.5 Å². The Hall–Kier alpha value is -4.94. The SMILES string of the molecule is C=CCNc1c(C(N)=O)c(N)nn1C.CCc1cc2scc(C#Cc3ccncc3)c2nc1-c1ccccc1. The quantitative estimate of drug-likeness (QED) is 0.207. The van der Waals surface area contributed by atoms with Crippen LogP contribution >= 0.6 is 11.3 Å². The number of carbonyl (C=O) groups excluding carboxylic acids is 1. The Morgan fingerprint density at radius 3 is 2.59 bits per heavy atom. The van der Waals surface area contributed by atoms with E-state index in [-0.39, 0.29) is 11.4 Å². The molecule has 5 aromatic rings. The number of benzene rings is 1. The molecule has 8 nitrogen and oxygen atoms in total. The van der Waals surface area contributed by atoms with E-state index in [4.69, 9.17) is 16.5 Å². The van der Waals surface area contributed by atoms with Crippen LogP contribution in [0.25, 0.3) is 21.5 Å². The van der Waals surface area contributed by atoms with E-state index in [1.165, 1.54) is 14.9 Å². The molecular formula is C30H29N7OS. The molecular weight excluding hydrogens is 506 g/mol. The van der Waals surface area contributed by atoms with Crippen molar-refractivity contribution >= 4 is 39.1 Å². The van der Waals surface area contributed by atoms with Gasteiger partial charge in [-0.2, -0.15) is 5.10 Å². The summed E-state index contributed by atoms with van der Waals surface area (Å²) in [5.74, 6) is 6.52. The van der Waals surface area contributed by atoms with Crippen LogP contribution in [-0.4, -0.2) is 32.2 Å². The van der Waals surface area contributed by atoms with Gasteiger partial charge >= 0.3 is 0 Å².